The number of nitrogens with zero attached hydrogens (tertiary/aromatic N) is 4. The molecular formula is C28H25ClN6O3. The van der Waals surface area contributed by atoms with Crippen molar-refractivity contribution in [3.8, 4) is 5.69 Å². The molecule has 0 spiro atoms. The Morgan fingerprint density at radius 2 is 1.76 bits per heavy atom. The first kappa shape index (κ1) is 26.4. The van der Waals surface area contributed by atoms with E-state index in [0.29, 0.717) is 28.4 Å². The lowest BCUT2D eigenvalue weighted by molar-refractivity contribution is -0.125. The number of Topliss-reactive ketones (excluding diaryl/α,β-unsaturated/α-hetero) is 1. The molecule has 3 aromatic carbocycles. The number of hydrogen-bond donors (Lipinski definition) is 2. The Bertz CT molecular complexity index is 1440. The number of nitrogens with one attached hydrogen (secondary N) is 2. The van der Waals surface area contributed by atoms with Crippen molar-refractivity contribution in [2.75, 3.05) is 5.32 Å². The maximum atomic E-state index is 13.3. The largest absolute Gasteiger partial charge is 0.342 e. The van der Waals surface area contributed by atoms with Crippen molar-refractivity contribution in [2.24, 2.45) is 0 Å². The van der Waals surface area contributed by atoms with Crippen LogP contribution in [0.25, 0.3) is 11.8 Å². The summed E-state index contributed by atoms with van der Waals surface area (Å²) < 4.78 is 1.47. The van der Waals surface area contributed by atoms with Crippen LogP contribution < -0.4 is 10.6 Å². The molecule has 0 saturated carbocycles. The van der Waals surface area contributed by atoms with Crippen LogP contribution in [-0.2, 0) is 27.2 Å². The molecule has 1 atom stereocenters. The van der Waals surface area contributed by atoms with E-state index in [1.54, 1.807) is 48.5 Å². The van der Waals surface area contributed by atoms with Gasteiger partial charge in [-0.1, -0.05) is 54.1 Å². The van der Waals surface area contributed by atoms with Crippen molar-refractivity contribution < 1.29 is 14.4 Å². The van der Waals surface area contributed by atoms with Crippen molar-refractivity contribution in [3.05, 3.63) is 107 Å². The van der Waals surface area contributed by atoms with Gasteiger partial charge in [-0.05, 0) is 64.4 Å². The Morgan fingerprint density at radius 1 is 1.00 bits per heavy atom. The number of carbonyl (C=O) groups excluding carboxylic acids is 3. The number of halogens is 1. The van der Waals surface area contributed by atoms with Crippen LogP contribution in [0.4, 0.5) is 5.69 Å². The van der Waals surface area contributed by atoms with Crippen molar-refractivity contribution in [3.63, 3.8) is 0 Å². The molecule has 0 unspecified atom stereocenters. The van der Waals surface area contributed by atoms with Gasteiger partial charge in [0.05, 0.1) is 11.7 Å². The molecule has 0 aliphatic heterocycles. The molecule has 0 fully saturated rings. The van der Waals surface area contributed by atoms with Gasteiger partial charge in [-0.2, -0.15) is 4.68 Å². The van der Waals surface area contributed by atoms with Gasteiger partial charge in [0.25, 0.3) is 0 Å². The first-order valence-corrected chi connectivity index (χ1v) is 12.2. The summed E-state index contributed by atoms with van der Waals surface area (Å²) in [7, 11) is 0. The standard InChI is InChI=1S/C28H25ClN6O3/c1-19(36)31-24-11-7-21(8-12-24)16-27(37)25(15-20-5-3-2-4-6-20)32-28(38)14-9-22-17-23(29)10-13-26(22)35-18-30-33-34-35/h2-14,17-18,25H,15-16H2,1H3,(H,31,36)(H,32,38)/b14-9+/t25-/m0/s1. The van der Waals surface area contributed by atoms with E-state index in [9.17, 15) is 14.4 Å². The molecule has 4 aromatic rings. The quantitative estimate of drug-likeness (QED) is 0.302. The fraction of sp³-hybridized carbons (Fsp3) is 0.143. The van der Waals surface area contributed by atoms with Crippen LogP contribution in [0, 0.1) is 0 Å². The fourth-order valence-corrected chi connectivity index (χ4v) is 4.03. The molecule has 2 N–H and O–H groups in total. The Hall–Kier alpha value is -4.63. The minimum atomic E-state index is -0.747. The van der Waals surface area contributed by atoms with E-state index >= 15 is 0 Å². The number of hydrogen-bond acceptors (Lipinski definition) is 6. The summed E-state index contributed by atoms with van der Waals surface area (Å²) in [5.74, 6) is -0.738. The molecular weight excluding hydrogens is 504 g/mol. The Kier molecular flexibility index (Phi) is 8.73. The summed E-state index contributed by atoms with van der Waals surface area (Å²) in [6.45, 7) is 1.43. The van der Waals surface area contributed by atoms with Gasteiger partial charge < -0.3 is 10.6 Å². The molecule has 1 aromatic heterocycles. The normalized spacial score (nSPS) is 11.7. The van der Waals surface area contributed by atoms with Crippen molar-refractivity contribution >= 4 is 41.0 Å². The maximum absolute atomic E-state index is 13.3. The first-order valence-electron chi connectivity index (χ1n) is 11.8. The summed E-state index contributed by atoms with van der Waals surface area (Å²) in [4.78, 5) is 37.5. The fourth-order valence-electron chi connectivity index (χ4n) is 3.85. The molecule has 0 saturated heterocycles. The molecule has 4 rings (SSSR count). The van der Waals surface area contributed by atoms with Gasteiger partial charge in [0.2, 0.25) is 11.8 Å². The number of ketones is 1. The zero-order valence-electron chi connectivity index (χ0n) is 20.5. The SMILES string of the molecule is CC(=O)Nc1ccc(CC(=O)[C@H](Cc2ccccc2)NC(=O)/C=C/c2cc(Cl)ccc2-n2cnnn2)cc1. The lowest BCUT2D eigenvalue weighted by Gasteiger charge is -2.17. The third-order valence-electron chi connectivity index (χ3n) is 5.64. The summed E-state index contributed by atoms with van der Waals surface area (Å²) in [5, 5.41) is 17.2. The molecule has 0 radical (unpaired) electrons. The topological polar surface area (TPSA) is 119 Å². The molecule has 0 bridgehead atoms. The third-order valence-corrected chi connectivity index (χ3v) is 5.88. The number of rotatable bonds is 10. The second kappa shape index (κ2) is 12.6. The van der Waals surface area contributed by atoms with Crippen LogP contribution >= 0.6 is 11.6 Å². The first-order chi connectivity index (χ1) is 18.4. The van der Waals surface area contributed by atoms with E-state index in [0.717, 1.165) is 11.1 Å². The molecule has 0 aliphatic rings. The second-order valence-corrected chi connectivity index (χ2v) is 9.00. The maximum Gasteiger partial charge on any atom is 0.244 e. The van der Waals surface area contributed by atoms with Crippen LogP contribution in [0.5, 0.6) is 0 Å². The van der Waals surface area contributed by atoms with Gasteiger partial charge >= 0.3 is 0 Å². The van der Waals surface area contributed by atoms with Crippen LogP contribution in [0.2, 0.25) is 5.02 Å². The van der Waals surface area contributed by atoms with Crippen molar-refractivity contribution in [1.82, 2.24) is 25.5 Å². The van der Waals surface area contributed by atoms with E-state index < -0.39 is 11.9 Å². The lowest BCUT2D eigenvalue weighted by atomic mass is 9.97. The zero-order chi connectivity index (χ0) is 26.9. The molecule has 9 nitrogen and oxygen atoms in total. The van der Waals surface area contributed by atoms with E-state index in [2.05, 4.69) is 26.2 Å². The third kappa shape index (κ3) is 7.44. The van der Waals surface area contributed by atoms with Gasteiger partial charge in [0, 0.05) is 35.7 Å². The van der Waals surface area contributed by atoms with Crippen LogP contribution in [0.3, 0.4) is 0 Å². The number of carbonyl (C=O) groups is 3. The van der Waals surface area contributed by atoms with E-state index in [1.807, 2.05) is 30.3 Å². The van der Waals surface area contributed by atoms with Crippen molar-refractivity contribution in [2.45, 2.75) is 25.8 Å². The number of tetrazole rings is 1. The summed E-state index contributed by atoms with van der Waals surface area (Å²) in [6.07, 6.45) is 4.86. The molecule has 38 heavy (non-hydrogen) atoms. The zero-order valence-corrected chi connectivity index (χ0v) is 21.3. The Labute approximate surface area is 224 Å². The van der Waals surface area contributed by atoms with E-state index in [4.69, 9.17) is 11.6 Å². The predicted molar refractivity (Wildman–Crippen MR) is 145 cm³/mol. The van der Waals surface area contributed by atoms with Crippen molar-refractivity contribution in [1.29, 1.82) is 0 Å². The monoisotopic (exact) mass is 528 g/mol. The molecule has 2 amide bonds. The highest BCUT2D eigenvalue weighted by atomic mass is 35.5. The molecule has 10 heteroatoms. The summed E-state index contributed by atoms with van der Waals surface area (Å²) in [6, 6.07) is 20.9. The number of amides is 2. The van der Waals surface area contributed by atoms with Crippen LogP contribution in [0.1, 0.15) is 23.6 Å². The molecule has 192 valence electrons. The van der Waals surface area contributed by atoms with Gasteiger partial charge in [-0.15, -0.1) is 5.10 Å². The minimum Gasteiger partial charge on any atom is -0.342 e. The Morgan fingerprint density at radius 3 is 2.45 bits per heavy atom. The van der Waals surface area contributed by atoms with E-state index in [1.165, 1.54) is 24.0 Å². The number of anilines is 1. The molecule has 0 aliphatic carbocycles. The highest BCUT2D eigenvalue weighted by Crippen LogP contribution is 2.20. The summed E-state index contributed by atoms with van der Waals surface area (Å²) in [5.41, 5.74) is 3.62. The van der Waals surface area contributed by atoms with Gasteiger partial charge in [0.15, 0.2) is 5.78 Å². The Balaban J connectivity index is 1.50. The minimum absolute atomic E-state index is 0.125. The highest BCUT2D eigenvalue weighted by molar-refractivity contribution is 6.30. The summed E-state index contributed by atoms with van der Waals surface area (Å²) >= 11 is 6.16. The van der Waals surface area contributed by atoms with Gasteiger partial charge in [-0.25, -0.2) is 0 Å². The number of benzene rings is 3. The van der Waals surface area contributed by atoms with Gasteiger partial charge in [0.1, 0.15) is 6.33 Å². The smallest absolute Gasteiger partial charge is 0.244 e. The average Bonchev–Trinajstić information content (AvgIpc) is 3.43. The second-order valence-electron chi connectivity index (χ2n) is 8.56. The average molecular weight is 529 g/mol. The lowest BCUT2D eigenvalue weighted by Crippen LogP contribution is -2.42. The number of aromatic nitrogens is 4. The van der Waals surface area contributed by atoms with Gasteiger partial charge in [-0.3, -0.25) is 14.4 Å². The van der Waals surface area contributed by atoms with Crippen LogP contribution in [-0.4, -0.2) is 43.8 Å². The van der Waals surface area contributed by atoms with E-state index in [-0.39, 0.29) is 18.1 Å². The van der Waals surface area contributed by atoms with Crippen LogP contribution in [0.15, 0.2) is 85.2 Å². The highest BCUT2D eigenvalue weighted by Gasteiger charge is 2.21. The predicted octanol–water partition coefficient (Wildman–Crippen LogP) is 3.83. The molecule has 1 heterocycles.